The smallest absolute Gasteiger partial charge is 0.191 e. The number of nitrogens with two attached hydrogens (primary N) is 1. The van der Waals surface area contributed by atoms with Crippen molar-refractivity contribution in [1.29, 1.82) is 0 Å². The van der Waals surface area contributed by atoms with Gasteiger partial charge in [0.2, 0.25) is 0 Å². The Morgan fingerprint density at radius 1 is 1.31 bits per heavy atom. The molecule has 0 aliphatic heterocycles. The maximum atomic E-state index is 8.61. The number of hydrogen-bond donors (Lipinski definition) is 2. The van der Waals surface area contributed by atoms with Crippen molar-refractivity contribution in [2.75, 3.05) is 0 Å². The second-order valence-electron chi connectivity index (χ2n) is 2.60. The molecule has 2 aromatic heterocycles. The normalized spacial score (nSPS) is 11.6. The van der Waals surface area contributed by atoms with E-state index >= 15 is 0 Å². The first kappa shape index (κ1) is 10.8. The van der Waals surface area contributed by atoms with E-state index in [2.05, 4.69) is 20.1 Å². The van der Waals surface area contributed by atoms with Crippen LogP contribution in [0.4, 0.5) is 0 Å². The summed E-state index contributed by atoms with van der Waals surface area (Å²) in [5.41, 5.74) is 5.84. The summed E-state index contributed by atoms with van der Waals surface area (Å²) in [5, 5.41) is 13.9. The van der Waals surface area contributed by atoms with Gasteiger partial charge in [0.1, 0.15) is 10.7 Å². The largest absolute Gasteiger partial charge is 0.409 e. The van der Waals surface area contributed by atoms with Crippen molar-refractivity contribution < 1.29 is 5.21 Å². The maximum absolute atomic E-state index is 8.61. The Morgan fingerprint density at radius 3 is 2.81 bits per heavy atom. The average Bonchev–Trinajstić information content (AvgIpc) is 2.82. The molecule has 0 radical (unpaired) electrons. The first-order chi connectivity index (χ1) is 7.81. The van der Waals surface area contributed by atoms with Crippen LogP contribution in [0.5, 0.6) is 0 Å². The molecule has 0 aliphatic carbocycles. The fourth-order valence-electron chi connectivity index (χ4n) is 0.966. The number of thiazole rings is 1. The predicted octanol–water partition coefficient (Wildman–Crippen LogP) is 1.18. The minimum absolute atomic E-state index is 0.0628. The minimum Gasteiger partial charge on any atom is -0.409 e. The fraction of sp³-hybridized carbons (Fsp3) is 0. The Kier molecular flexibility index (Phi) is 3.32. The number of aromatic nitrogens is 3. The molecule has 0 spiro atoms. The first-order valence-corrected chi connectivity index (χ1v) is 5.87. The van der Waals surface area contributed by atoms with Gasteiger partial charge in [0.25, 0.3) is 0 Å². The monoisotopic (exact) mass is 253 g/mol. The lowest BCUT2D eigenvalue weighted by atomic mass is 10.4. The SMILES string of the molecule is NC(=NO)c1nccnc1Sc1nccs1. The molecule has 0 aliphatic rings. The Balaban J connectivity index is 2.34. The van der Waals surface area contributed by atoms with Crippen LogP contribution in [-0.4, -0.2) is 26.0 Å². The van der Waals surface area contributed by atoms with Crippen LogP contribution < -0.4 is 5.73 Å². The van der Waals surface area contributed by atoms with Gasteiger partial charge in [0.05, 0.1) is 0 Å². The Bertz CT molecular complexity index is 499. The molecule has 0 saturated carbocycles. The maximum Gasteiger partial charge on any atom is 0.191 e. The summed E-state index contributed by atoms with van der Waals surface area (Å²) in [4.78, 5) is 12.2. The molecule has 3 N–H and O–H groups in total. The fourth-order valence-corrected chi connectivity index (χ4v) is 2.57. The Labute approximate surface area is 99.3 Å². The van der Waals surface area contributed by atoms with Gasteiger partial charge < -0.3 is 10.9 Å². The lowest BCUT2D eigenvalue weighted by Gasteiger charge is -2.02. The standard InChI is InChI=1S/C8H7N5OS2/c9-6(13-14)5-7(11-2-1-10-5)16-8-12-3-4-15-8/h1-4,14H,(H2,9,13). The highest BCUT2D eigenvalue weighted by molar-refractivity contribution is 8.01. The summed E-state index contributed by atoms with van der Waals surface area (Å²) < 4.78 is 0.826. The molecule has 16 heavy (non-hydrogen) atoms. The van der Waals surface area contributed by atoms with Gasteiger partial charge in [-0.05, 0) is 11.8 Å². The van der Waals surface area contributed by atoms with Crippen molar-refractivity contribution in [2.45, 2.75) is 9.37 Å². The van der Waals surface area contributed by atoms with Crippen LogP contribution in [-0.2, 0) is 0 Å². The molecule has 0 fully saturated rings. The molecule has 0 aromatic carbocycles. The predicted molar refractivity (Wildman–Crippen MR) is 60.8 cm³/mol. The Morgan fingerprint density at radius 2 is 2.12 bits per heavy atom. The van der Waals surface area contributed by atoms with Crippen molar-refractivity contribution in [2.24, 2.45) is 10.9 Å². The van der Waals surface area contributed by atoms with Gasteiger partial charge in [0, 0.05) is 24.0 Å². The van der Waals surface area contributed by atoms with Crippen LogP contribution in [0.2, 0.25) is 0 Å². The van der Waals surface area contributed by atoms with E-state index in [0.29, 0.717) is 10.7 Å². The summed E-state index contributed by atoms with van der Waals surface area (Å²) in [6, 6.07) is 0. The van der Waals surface area contributed by atoms with Gasteiger partial charge in [-0.25, -0.2) is 15.0 Å². The number of nitrogens with zero attached hydrogens (tertiary/aromatic N) is 4. The topological polar surface area (TPSA) is 97.3 Å². The van der Waals surface area contributed by atoms with Crippen molar-refractivity contribution in [1.82, 2.24) is 15.0 Å². The van der Waals surface area contributed by atoms with Gasteiger partial charge in [-0.15, -0.1) is 11.3 Å². The molecule has 6 nitrogen and oxygen atoms in total. The van der Waals surface area contributed by atoms with Gasteiger partial charge in [-0.2, -0.15) is 0 Å². The molecule has 2 rings (SSSR count). The minimum atomic E-state index is -0.0628. The molecule has 0 atom stereocenters. The molecule has 0 unspecified atom stereocenters. The second kappa shape index (κ2) is 4.90. The Hall–Kier alpha value is -1.67. The summed E-state index contributed by atoms with van der Waals surface area (Å²) in [6.07, 6.45) is 4.73. The summed E-state index contributed by atoms with van der Waals surface area (Å²) in [7, 11) is 0. The van der Waals surface area contributed by atoms with E-state index < -0.39 is 0 Å². The molecule has 0 bridgehead atoms. The molecule has 8 heteroatoms. The van der Waals surface area contributed by atoms with Crippen LogP contribution in [0.25, 0.3) is 0 Å². The molecule has 2 heterocycles. The van der Waals surface area contributed by atoms with Gasteiger partial charge in [0.15, 0.2) is 10.2 Å². The third-order valence-corrected chi connectivity index (χ3v) is 3.48. The van der Waals surface area contributed by atoms with E-state index in [1.54, 1.807) is 12.4 Å². The lowest BCUT2D eigenvalue weighted by Crippen LogP contribution is -2.16. The molecule has 2 aromatic rings. The van der Waals surface area contributed by atoms with Gasteiger partial charge in [-0.3, -0.25) is 0 Å². The zero-order chi connectivity index (χ0) is 11.4. The highest BCUT2D eigenvalue weighted by Crippen LogP contribution is 2.28. The zero-order valence-corrected chi connectivity index (χ0v) is 9.57. The van der Waals surface area contributed by atoms with E-state index in [1.807, 2.05) is 5.38 Å². The average molecular weight is 253 g/mol. The summed E-state index contributed by atoms with van der Waals surface area (Å²) in [6.45, 7) is 0. The summed E-state index contributed by atoms with van der Waals surface area (Å²) >= 11 is 2.81. The van der Waals surface area contributed by atoms with E-state index in [1.165, 1.54) is 29.3 Å². The van der Waals surface area contributed by atoms with E-state index in [0.717, 1.165) is 4.34 Å². The van der Waals surface area contributed by atoms with Crippen molar-refractivity contribution in [3.8, 4) is 0 Å². The third kappa shape index (κ3) is 2.28. The van der Waals surface area contributed by atoms with Crippen molar-refractivity contribution in [3.05, 3.63) is 29.7 Å². The molecular weight excluding hydrogens is 246 g/mol. The highest BCUT2D eigenvalue weighted by Gasteiger charge is 2.12. The highest BCUT2D eigenvalue weighted by atomic mass is 32.2. The lowest BCUT2D eigenvalue weighted by molar-refractivity contribution is 0.318. The van der Waals surface area contributed by atoms with Gasteiger partial charge >= 0.3 is 0 Å². The molecule has 0 amide bonds. The number of amidine groups is 1. The van der Waals surface area contributed by atoms with Crippen molar-refractivity contribution >= 4 is 28.9 Å². The zero-order valence-electron chi connectivity index (χ0n) is 7.94. The van der Waals surface area contributed by atoms with Crippen LogP contribution >= 0.6 is 23.1 Å². The van der Waals surface area contributed by atoms with E-state index in [4.69, 9.17) is 10.9 Å². The molecular formula is C8H7N5OS2. The van der Waals surface area contributed by atoms with E-state index in [9.17, 15) is 0 Å². The van der Waals surface area contributed by atoms with Crippen LogP contribution in [0.15, 0.2) is 38.5 Å². The van der Waals surface area contributed by atoms with Crippen LogP contribution in [0, 0.1) is 0 Å². The number of rotatable bonds is 3. The van der Waals surface area contributed by atoms with Gasteiger partial charge in [-0.1, -0.05) is 5.16 Å². The number of oxime groups is 1. The van der Waals surface area contributed by atoms with Crippen molar-refractivity contribution in [3.63, 3.8) is 0 Å². The van der Waals surface area contributed by atoms with Crippen LogP contribution in [0.3, 0.4) is 0 Å². The number of hydrogen-bond acceptors (Lipinski definition) is 7. The molecule has 0 saturated heterocycles. The third-order valence-electron chi connectivity index (χ3n) is 1.61. The summed E-state index contributed by atoms with van der Waals surface area (Å²) in [5.74, 6) is -0.0628. The molecule has 82 valence electrons. The second-order valence-corrected chi connectivity index (χ2v) is 4.73. The first-order valence-electron chi connectivity index (χ1n) is 4.17. The quantitative estimate of drug-likeness (QED) is 0.369. The van der Waals surface area contributed by atoms with Crippen LogP contribution in [0.1, 0.15) is 5.69 Å². The van der Waals surface area contributed by atoms with E-state index in [-0.39, 0.29) is 5.84 Å².